The van der Waals surface area contributed by atoms with Crippen LogP contribution in [-0.4, -0.2) is 12.1 Å². The predicted octanol–water partition coefficient (Wildman–Crippen LogP) is 8.76. The fourth-order valence-electron chi connectivity index (χ4n) is 3.66. The van der Waals surface area contributed by atoms with E-state index in [0.717, 1.165) is 25.7 Å². The Kier molecular flexibility index (Phi) is 21.3. The molecule has 0 aromatic carbocycles. The lowest BCUT2D eigenvalue weighted by Crippen LogP contribution is -2.18. The average Bonchev–Trinajstić information content (AvgIpc) is 2.67. The molecule has 0 saturated heterocycles. The molecule has 0 aromatic rings. The molecule has 0 N–H and O–H groups in total. The van der Waals surface area contributed by atoms with Crippen LogP contribution >= 0.6 is 0 Å². The highest BCUT2D eigenvalue weighted by atomic mass is 16.5. The summed E-state index contributed by atoms with van der Waals surface area (Å²) in [7, 11) is 0. The summed E-state index contributed by atoms with van der Waals surface area (Å²) in [5.74, 6) is 0.0313. The van der Waals surface area contributed by atoms with E-state index in [2.05, 4.69) is 20.8 Å². The van der Waals surface area contributed by atoms with Crippen molar-refractivity contribution in [3.05, 3.63) is 0 Å². The lowest BCUT2D eigenvalue weighted by molar-refractivity contribution is -0.150. The maximum Gasteiger partial charge on any atom is 0.306 e. The molecule has 2 nitrogen and oxygen atoms in total. The second-order valence-electron chi connectivity index (χ2n) is 8.39. The molecule has 0 aliphatic carbocycles. The van der Waals surface area contributed by atoms with Crippen LogP contribution in [0, 0.1) is 0 Å². The largest absolute Gasteiger partial charge is 0.462 e. The minimum atomic E-state index is 0.0313. The summed E-state index contributed by atoms with van der Waals surface area (Å²) in [6.07, 6.45) is 25.0. The van der Waals surface area contributed by atoms with Gasteiger partial charge in [0.05, 0.1) is 0 Å². The summed E-state index contributed by atoms with van der Waals surface area (Å²) in [4.78, 5) is 12.0. The van der Waals surface area contributed by atoms with E-state index in [-0.39, 0.29) is 12.1 Å². The molecule has 0 heterocycles. The predicted molar refractivity (Wildman–Crippen MR) is 119 cm³/mol. The lowest BCUT2D eigenvalue weighted by Gasteiger charge is -2.18. The quantitative estimate of drug-likeness (QED) is 0.146. The second kappa shape index (κ2) is 21.8. The van der Waals surface area contributed by atoms with Gasteiger partial charge in [0.15, 0.2) is 0 Å². The minimum Gasteiger partial charge on any atom is -0.462 e. The Morgan fingerprint density at radius 3 is 1.33 bits per heavy atom. The van der Waals surface area contributed by atoms with Gasteiger partial charge >= 0.3 is 5.97 Å². The van der Waals surface area contributed by atoms with E-state index < -0.39 is 0 Å². The van der Waals surface area contributed by atoms with Crippen molar-refractivity contribution in [2.45, 2.75) is 155 Å². The number of hydrogen-bond donors (Lipinski definition) is 0. The number of esters is 1. The third-order valence-electron chi connectivity index (χ3n) is 5.54. The minimum absolute atomic E-state index is 0.0313. The molecule has 0 aromatic heterocycles. The van der Waals surface area contributed by atoms with Crippen molar-refractivity contribution >= 4 is 5.97 Å². The zero-order valence-corrected chi connectivity index (χ0v) is 19.0. The Balaban J connectivity index is 3.87. The Hall–Kier alpha value is -0.530. The van der Waals surface area contributed by atoms with Gasteiger partial charge in [-0.3, -0.25) is 4.79 Å². The molecule has 1 unspecified atom stereocenters. The van der Waals surface area contributed by atoms with E-state index in [1.165, 1.54) is 96.3 Å². The zero-order valence-electron chi connectivity index (χ0n) is 19.0. The smallest absolute Gasteiger partial charge is 0.306 e. The average molecular weight is 383 g/mol. The van der Waals surface area contributed by atoms with E-state index in [1.54, 1.807) is 0 Å². The third-order valence-corrected chi connectivity index (χ3v) is 5.54. The molecule has 0 saturated carbocycles. The molecule has 0 aliphatic heterocycles. The SMILES string of the molecule is CCCCCCCCCCCC(CCCCCCCC)OC(=O)CCCC. The van der Waals surface area contributed by atoms with Gasteiger partial charge in [0, 0.05) is 6.42 Å². The van der Waals surface area contributed by atoms with E-state index in [0.29, 0.717) is 6.42 Å². The van der Waals surface area contributed by atoms with Gasteiger partial charge in [0.25, 0.3) is 0 Å². The first-order valence-corrected chi connectivity index (χ1v) is 12.4. The van der Waals surface area contributed by atoms with Crippen molar-refractivity contribution in [2.75, 3.05) is 0 Å². The van der Waals surface area contributed by atoms with Crippen LogP contribution < -0.4 is 0 Å². The first-order chi connectivity index (χ1) is 13.2. The summed E-state index contributed by atoms with van der Waals surface area (Å²) < 4.78 is 5.81. The Morgan fingerprint density at radius 2 is 0.926 bits per heavy atom. The molecule has 0 amide bonds. The van der Waals surface area contributed by atoms with Crippen LogP contribution in [0.4, 0.5) is 0 Å². The molecule has 0 rings (SSSR count). The van der Waals surface area contributed by atoms with Crippen molar-refractivity contribution < 1.29 is 9.53 Å². The standard InChI is InChI=1S/C25H50O2/c1-4-7-10-12-14-15-16-18-20-22-24(27-25(26)23-9-6-3)21-19-17-13-11-8-5-2/h24H,4-23H2,1-3H3. The van der Waals surface area contributed by atoms with Crippen molar-refractivity contribution in [3.8, 4) is 0 Å². The number of ether oxygens (including phenoxy) is 1. The van der Waals surface area contributed by atoms with Crippen LogP contribution in [0.25, 0.3) is 0 Å². The van der Waals surface area contributed by atoms with Crippen LogP contribution in [0.3, 0.4) is 0 Å². The number of hydrogen-bond acceptors (Lipinski definition) is 2. The number of rotatable bonds is 21. The fourth-order valence-corrected chi connectivity index (χ4v) is 3.66. The van der Waals surface area contributed by atoms with Gasteiger partial charge in [0.2, 0.25) is 0 Å². The van der Waals surface area contributed by atoms with Gasteiger partial charge in [-0.25, -0.2) is 0 Å². The van der Waals surface area contributed by atoms with Gasteiger partial charge in [0.1, 0.15) is 6.10 Å². The zero-order chi connectivity index (χ0) is 20.0. The first-order valence-electron chi connectivity index (χ1n) is 12.4. The van der Waals surface area contributed by atoms with Crippen LogP contribution in [0.1, 0.15) is 149 Å². The third kappa shape index (κ3) is 20.0. The van der Waals surface area contributed by atoms with E-state index in [9.17, 15) is 4.79 Å². The van der Waals surface area contributed by atoms with Crippen molar-refractivity contribution in [2.24, 2.45) is 0 Å². The highest BCUT2D eigenvalue weighted by Crippen LogP contribution is 2.18. The van der Waals surface area contributed by atoms with Gasteiger partial charge in [-0.05, 0) is 32.1 Å². The molecule has 0 spiro atoms. The first kappa shape index (κ1) is 26.5. The number of unbranched alkanes of at least 4 members (excludes halogenated alkanes) is 14. The summed E-state index contributed by atoms with van der Waals surface area (Å²) >= 11 is 0. The fraction of sp³-hybridized carbons (Fsp3) is 0.960. The monoisotopic (exact) mass is 382 g/mol. The molecular weight excluding hydrogens is 332 g/mol. The maximum atomic E-state index is 12.0. The number of carbonyl (C=O) groups excluding carboxylic acids is 1. The molecule has 0 aliphatic rings. The summed E-state index contributed by atoms with van der Waals surface area (Å²) in [6, 6.07) is 0. The molecule has 1 atom stereocenters. The summed E-state index contributed by atoms with van der Waals surface area (Å²) in [6.45, 7) is 6.66. The van der Waals surface area contributed by atoms with Gasteiger partial charge < -0.3 is 4.74 Å². The molecule has 0 bridgehead atoms. The number of carbonyl (C=O) groups is 1. The molecular formula is C25H50O2. The highest BCUT2D eigenvalue weighted by Gasteiger charge is 2.13. The molecule has 2 heteroatoms. The van der Waals surface area contributed by atoms with Crippen molar-refractivity contribution in [1.29, 1.82) is 0 Å². The van der Waals surface area contributed by atoms with Crippen LogP contribution in [0.5, 0.6) is 0 Å². The van der Waals surface area contributed by atoms with Gasteiger partial charge in [-0.1, -0.05) is 111 Å². The maximum absolute atomic E-state index is 12.0. The summed E-state index contributed by atoms with van der Waals surface area (Å²) in [5.41, 5.74) is 0. The molecule has 0 radical (unpaired) electrons. The highest BCUT2D eigenvalue weighted by molar-refractivity contribution is 5.69. The van der Waals surface area contributed by atoms with Gasteiger partial charge in [-0.15, -0.1) is 0 Å². The lowest BCUT2D eigenvalue weighted by atomic mass is 10.0. The van der Waals surface area contributed by atoms with E-state index in [4.69, 9.17) is 4.74 Å². The summed E-state index contributed by atoms with van der Waals surface area (Å²) in [5, 5.41) is 0. The molecule has 0 fully saturated rings. The molecule has 27 heavy (non-hydrogen) atoms. The van der Waals surface area contributed by atoms with Crippen molar-refractivity contribution in [1.82, 2.24) is 0 Å². The second-order valence-corrected chi connectivity index (χ2v) is 8.39. The van der Waals surface area contributed by atoms with Crippen LogP contribution in [0.2, 0.25) is 0 Å². The Bertz CT molecular complexity index is 301. The molecule has 162 valence electrons. The van der Waals surface area contributed by atoms with Gasteiger partial charge in [-0.2, -0.15) is 0 Å². The van der Waals surface area contributed by atoms with E-state index in [1.807, 2.05) is 0 Å². The Labute approximate surface area is 171 Å². The van der Waals surface area contributed by atoms with Crippen LogP contribution in [-0.2, 0) is 9.53 Å². The van der Waals surface area contributed by atoms with Crippen molar-refractivity contribution in [3.63, 3.8) is 0 Å². The Morgan fingerprint density at radius 1 is 0.556 bits per heavy atom. The van der Waals surface area contributed by atoms with Crippen LogP contribution in [0.15, 0.2) is 0 Å². The topological polar surface area (TPSA) is 26.3 Å². The normalized spacial score (nSPS) is 12.3. The van der Waals surface area contributed by atoms with E-state index >= 15 is 0 Å².